The van der Waals surface area contributed by atoms with Crippen LogP contribution in [-0.2, 0) is 6.42 Å². The second kappa shape index (κ2) is 6.88. The molecular formula is C17H17IO2. The monoisotopic (exact) mass is 380 g/mol. The fraction of sp³-hybridized carbons (Fsp3) is 0.235. The Morgan fingerprint density at radius 3 is 2.50 bits per heavy atom. The second-order valence-corrected chi connectivity index (χ2v) is 5.79. The zero-order chi connectivity index (χ0) is 14.5. The Morgan fingerprint density at radius 1 is 1.15 bits per heavy atom. The Kier molecular flexibility index (Phi) is 5.17. The van der Waals surface area contributed by atoms with Crippen LogP contribution in [0.25, 0.3) is 0 Å². The van der Waals surface area contributed by atoms with E-state index < -0.39 is 0 Å². The number of aryl methyl sites for hydroxylation is 2. The second-order valence-electron chi connectivity index (χ2n) is 4.71. The number of ether oxygens (including phenoxy) is 1. The summed E-state index contributed by atoms with van der Waals surface area (Å²) in [6, 6.07) is 13.7. The maximum absolute atomic E-state index is 12.3. The maximum Gasteiger partial charge on any atom is 0.164 e. The maximum atomic E-state index is 12.3. The SMILES string of the molecule is COc1ccc(CCC(=O)c2cccc(C)c2I)cc1. The third-order valence-corrected chi connectivity index (χ3v) is 4.72. The van der Waals surface area contributed by atoms with Gasteiger partial charge in [0.15, 0.2) is 5.78 Å². The number of ketones is 1. The highest BCUT2D eigenvalue weighted by atomic mass is 127. The minimum Gasteiger partial charge on any atom is -0.497 e. The number of halogens is 1. The van der Waals surface area contributed by atoms with E-state index in [1.807, 2.05) is 49.4 Å². The average molecular weight is 380 g/mol. The Hall–Kier alpha value is -1.36. The van der Waals surface area contributed by atoms with Crippen LogP contribution in [0.4, 0.5) is 0 Å². The fourth-order valence-electron chi connectivity index (χ4n) is 2.05. The van der Waals surface area contributed by atoms with E-state index in [4.69, 9.17) is 4.74 Å². The van der Waals surface area contributed by atoms with Crippen LogP contribution in [0.1, 0.15) is 27.9 Å². The molecule has 2 nitrogen and oxygen atoms in total. The van der Waals surface area contributed by atoms with Gasteiger partial charge >= 0.3 is 0 Å². The molecule has 0 amide bonds. The number of benzene rings is 2. The quantitative estimate of drug-likeness (QED) is 0.567. The molecule has 0 aromatic heterocycles. The lowest BCUT2D eigenvalue weighted by molar-refractivity contribution is 0.0982. The first-order valence-corrected chi connectivity index (χ1v) is 7.61. The van der Waals surface area contributed by atoms with E-state index in [0.29, 0.717) is 6.42 Å². The summed E-state index contributed by atoms with van der Waals surface area (Å²) < 4.78 is 6.19. The molecule has 0 fully saturated rings. The molecule has 3 heteroatoms. The standard InChI is InChI=1S/C17H17IO2/c1-12-4-3-5-15(17(12)18)16(19)11-8-13-6-9-14(20-2)10-7-13/h3-7,9-10H,8,11H2,1-2H3. The first-order chi connectivity index (χ1) is 9.61. The van der Waals surface area contributed by atoms with Crippen LogP contribution in [0.15, 0.2) is 42.5 Å². The Bertz CT molecular complexity index is 603. The molecule has 0 atom stereocenters. The van der Waals surface area contributed by atoms with E-state index in [-0.39, 0.29) is 5.78 Å². The van der Waals surface area contributed by atoms with Gasteiger partial charge < -0.3 is 4.74 Å². The summed E-state index contributed by atoms with van der Waals surface area (Å²) in [7, 11) is 1.65. The average Bonchev–Trinajstić information content (AvgIpc) is 2.48. The van der Waals surface area contributed by atoms with E-state index in [0.717, 1.165) is 32.4 Å². The summed E-state index contributed by atoms with van der Waals surface area (Å²) in [5.74, 6) is 1.04. The summed E-state index contributed by atoms with van der Waals surface area (Å²) in [5.41, 5.74) is 3.14. The van der Waals surface area contributed by atoms with E-state index in [9.17, 15) is 4.79 Å². The van der Waals surface area contributed by atoms with Gasteiger partial charge in [0.05, 0.1) is 7.11 Å². The van der Waals surface area contributed by atoms with E-state index >= 15 is 0 Å². The predicted molar refractivity (Wildman–Crippen MR) is 89.5 cm³/mol. The number of methoxy groups -OCH3 is 1. The molecule has 0 aliphatic carbocycles. The summed E-state index contributed by atoms with van der Waals surface area (Å²) in [6.07, 6.45) is 1.29. The number of Topliss-reactive ketones (excluding diaryl/α,β-unsaturated/α-hetero) is 1. The number of carbonyl (C=O) groups is 1. The van der Waals surface area contributed by atoms with Gasteiger partial charge in [-0.1, -0.05) is 30.3 Å². The molecule has 0 heterocycles. The molecule has 0 spiro atoms. The summed E-state index contributed by atoms with van der Waals surface area (Å²) in [6.45, 7) is 2.03. The van der Waals surface area contributed by atoms with Crippen molar-refractivity contribution in [3.63, 3.8) is 0 Å². The van der Waals surface area contributed by atoms with Gasteiger partial charge in [-0.15, -0.1) is 0 Å². The minimum atomic E-state index is 0.203. The molecule has 0 radical (unpaired) electrons. The van der Waals surface area contributed by atoms with Crippen LogP contribution in [-0.4, -0.2) is 12.9 Å². The summed E-state index contributed by atoms with van der Waals surface area (Å²) in [4.78, 5) is 12.3. The van der Waals surface area contributed by atoms with Gasteiger partial charge in [-0.25, -0.2) is 0 Å². The van der Waals surface area contributed by atoms with Crippen molar-refractivity contribution < 1.29 is 9.53 Å². The Morgan fingerprint density at radius 2 is 1.85 bits per heavy atom. The van der Waals surface area contributed by atoms with Gasteiger partial charge in [0.2, 0.25) is 0 Å². The molecule has 0 bridgehead atoms. The minimum absolute atomic E-state index is 0.203. The topological polar surface area (TPSA) is 26.3 Å². The van der Waals surface area contributed by atoms with Crippen LogP contribution >= 0.6 is 22.6 Å². The van der Waals surface area contributed by atoms with Crippen molar-refractivity contribution in [1.82, 2.24) is 0 Å². The molecule has 20 heavy (non-hydrogen) atoms. The summed E-state index contributed by atoms with van der Waals surface area (Å²) in [5, 5.41) is 0. The van der Waals surface area contributed by atoms with Gasteiger partial charge in [-0.2, -0.15) is 0 Å². The highest BCUT2D eigenvalue weighted by Gasteiger charge is 2.11. The molecule has 104 valence electrons. The van der Waals surface area contributed by atoms with E-state index in [2.05, 4.69) is 22.6 Å². The van der Waals surface area contributed by atoms with Crippen molar-refractivity contribution in [3.8, 4) is 5.75 Å². The third-order valence-electron chi connectivity index (χ3n) is 3.29. The molecule has 0 aliphatic heterocycles. The van der Waals surface area contributed by atoms with Gasteiger partial charge in [0.1, 0.15) is 5.75 Å². The van der Waals surface area contributed by atoms with Crippen LogP contribution in [0.2, 0.25) is 0 Å². The lowest BCUT2D eigenvalue weighted by Crippen LogP contribution is -2.04. The van der Waals surface area contributed by atoms with Gasteiger partial charge in [0, 0.05) is 15.6 Å². The normalized spacial score (nSPS) is 10.3. The molecule has 0 unspecified atom stereocenters. The predicted octanol–water partition coefficient (Wildman–Crippen LogP) is 4.42. The van der Waals surface area contributed by atoms with Crippen LogP contribution in [0.5, 0.6) is 5.75 Å². The van der Waals surface area contributed by atoms with Crippen LogP contribution in [0, 0.1) is 10.5 Å². The Labute approximate surface area is 133 Å². The molecule has 2 rings (SSSR count). The van der Waals surface area contributed by atoms with Gasteiger partial charge in [-0.3, -0.25) is 4.79 Å². The van der Waals surface area contributed by atoms with E-state index in [1.165, 1.54) is 0 Å². The fourth-order valence-corrected chi connectivity index (χ4v) is 2.71. The smallest absolute Gasteiger partial charge is 0.164 e. The molecule has 2 aromatic rings. The number of hydrogen-bond acceptors (Lipinski definition) is 2. The van der Waals surface area contributed by atoms with Crippen molar-refractivity contribution in [2.24, 2.45) is 0 Å². The first-order valence-electron chi connectivity index (χ1n) is 6.53. The molecule has 0 N–H and O–H groups in total. The van der Waals surface area contributed by atoms with Gasteiger partial charge in [-0.05, 0) is 59.2 Å². The highest BCUT2D eigenvalue weighted by Crippen LogP contribution is 2.19. The van der Waals surface area contributed by atoms with Crippen molar-refractivity contribution in [2.45, 2.75) is 19.8 Å². The largest absolute Gasteiger partial charge is 0.497 e. The first kappa shape index (κ1) is 15.0. The molecule has 0 saturated heterocycles. The van der Waals surface area contributed by atoms with Crippen molar-refractivity contribution in [1.29, 1.82) is 0 Å². The molecule has 2 aromatic carbocycles. The third kappa shape index (κ3) is 3.60. The van der Waals surface area contributed by atoms with Crippen molar-refractivity contribution in [2.75, 3.05) is 7.11 Å². The van der Waals surface area contributed by atoms with Crippen molar-refractivity contribution in [3.05, 3.63) is 62.7 Å². The lowest BCUT2D eigenvalue weighted by atomic mass is 10.0. The number of rotatable bonds is 5. The molecular weight excluding hydrogens is 363 g/mol. The zero-order valence-electron chi connectivity index (χ0n) is 11.7. The van der Waals surface area contributed by atoms with Crippen LogP contribution < -0.4 is 4.74 Å². The van der Waals surface area contributed by atoms with E-state index in [1.54, 1.807) is 7.11 Å². The van der Waals surface area contributed by atoms with Crippen LogP contribution in [0.3, 0.4) is 0 Å². The molecule has 0 aliphatic rings. The number of carbonyl (C=O) groups excluding carboxylic acids is 1. The zero-order valence-corrected chi connectivity index (χ0v) is 13.8. The highest BCUT2D eigenvalue weighted by molar-refractivity contribution is 14.1. The lowest BCUT2D eigenvalue weighted by Gasteiger charge is -2.07. The molecule has 0 saturated carbocycles. The van der Waals surface area contributed by atoms with Crippen molar-refractivity contribution >= 4 is 28.4 Å². The number of hydrogen-bond donors (Lipinski definition) is 0. The summed E-state index contributed by atoms with van der Waals surface area (Å²) >= 11 is 2.25. The Balaban J connectivity index is 2.02. The van der Waals surface area contributed by atoms with Gasteiger partial charge in [0.25, 0.3) is 0 Å².